The normalized spacial score (nSPS) is 21.6. The molecule has 0 aromatic heterocycles. The van der Waals surface area contributed by atoms with E-state index in [9.17, 15) is 0 Å². The van der Waals surface area contributed by atoms with Gasteiger partial charge in [0.2, 0.25) is 0 Å². The highest BCUT2D eigenvalue weighted by atomic mass is 35.5. The summed E-state index contributed by atoms with van der Waals surface area (Å²) in [7, 11) is 0. The second-order valence-electron chi connectivity index (χ2n) is 4.58. The van der Waals surface area contributed by atoms with E-state index >= 15 is 0 Å². The molecule has 1 nitrogen and oxygen atoms in total. The van der Waals surface area contributed by atoms with Crippen LogP contribution < -0.4 is 5.32 Å². The number of halogens is 1. The van der Waals surface area contributed by atoms with Gasteiger partial charge in [-0.1, -0.05) is 24.1 Å². The van der Waals surface area contributed by atoms with Crippen molar-refractivity contribution in [1.82, 2.24) is 0 Å². The number of hydrogen-bond donors (Lipinski definition) is 1. The number of hydrogen-bond acceptors (Lipinski definition) is 1. The first-order valence-corrected chi connectivity index (χ1v) is 5.64. The SMILES string of the molecule is Cc1c(Cl)ccc2c1NCC21CCC1. The Kier molecular flexibility index (Phi) is 1.64. The molecule has 1 aromatic rings. The summed E-state index contributed by atoms with van der Waals surface area (Å²) in [6.07, 6.45) is 4.06. The Balaban J connectivity index is 2.17. The van der Waals surface area contributed by atoms with Crippen molar-refractivity contribution in [3.63, 3.8) is 0 Å². The zero-order valence-electron chi connectivity index (χ0n) is 8.36. The lowest BCUT2D eigenvalue weighted by Gasteiger charge is -2.38. The highest BCUT2D eigenvalue weighted by Gasteiger charge is 2.44. The second kappa shape index (κ2) is 2.66. The fourth-order valence-electron chi connectivity index (χ4n) is 2.76. The van der Waals surface area contributed by atoms with Gasteiger partial charge in [0.15, 0.2) is 0 Å². The molecule has 2 aliphatic rings. The minimum atomic E-state index is 0.463. The summed E-state index contributed by atoms with van der Waals surface area (Å²) in [5.74, 6) is 0. The van der Waals surface area contributed by atoms with Crippen LogP contribution >= 0.6 is 11.6 Å². The monoisotopic (exact) mass is 207 g/mol. The molecule has 1 fully saturated rings. The molecule has 0 unspecified atom stereocenters. The first-order valence-electron chi connectivity index (χ1n) is 5.26. The average molecular weight is 208 g/mol. The van der Waals surface area contributed by atoms with Crippen LogP contribution in [0.1, 0.15) is 30.4 Å². The Hall–Kier alpha value is -0.690. The van der Waals surface area contributed by atoms with Crippen molar-refractivity contribution in [1.29, 1.82) is 0 Å². The maximum atomic E-state index is 6.11. The van der Waals surface area contributed by atoms with Crippen molar-refractivity contribution < 1.29 is 0 Å². The van der Waals surface area contributed by atoms with Gasteiger partial charge in [-0.2, -0.15) is 0 Å². The van der Waals surface area contributed by atoms with Crippen molar-refractivity contribution in [3.8, 4) is 0 Å². The van der Waals surface area contributed by atoms with Crippen LogP contribution in [0.4, 0.5) is 5.69 Å². The first-order chi connectivity index (χ1) is 6.73. The molecular weight excluding hydrogens is 194 g/mol. The predicted octanol–water partition coefficient (Wildman–Crippen LogP) is 3.50. The third-order valence-electron chi connectivity index (χ3n) is 3.88. The molecule has 1 saturated carbocycles. The Morgan fingerprint density at radius 2 is 2.14 bits per heavy atom. The maximum Gasteiger partial charge on any atom is 0.0455 e. The van der Waals surface area contributed by atoms with Gasteiger partial charge in [-0.25, -0.2) is 0 Å². The Morgan fingerprint density at radius 3 is 2.79 bits per heavy atom. The highest BCUT2D eigenvalue weighted by molar-refractivity contribution is 6.31. The fraction of sp³-hybridized carbons (Fsp3) is 0.500. The quantitative estimate of drug-likeness (QED) is 0.687. The van der Waals surface area contributed by atoms with Gasteiger partial charge in [-0.05, 0) is 37.0 Å². The third kappa shape index (κ3) is 0.912. The van der Waals surface area contributed by atoms with Gasteiger partial charge in [0.25, 0.3) is 0 Å². The molecule has 0 atom stereocenters. The lowest BCUT2D eigenvalue weighted by atomic mass is 9.65. The zero-order chi connectivity index (χ0) is 9.76. The van der Waals surface area contributed by atoms with E-state index in [-0.39, 0.29) is 0 Å². The van der Waals surface area contributed by atoms with E-state index < -0.39 is 0 Å². The van der Waals surface area contributed by atoms with Crippen molar-refractivity contribution in [2.24, 2.45) is 0 Å². The minimum absolute atomic E-state index is 0.463. The number of fused-ring (bicyclic) bond motifs is 2. The topological polar surface area (TPSA) is 12.0 Å². The highest BCUT2D eigenvalue weighted by Crippen LogP contribution is 2.51. The van der Waals surface area contributed by atoms with Crippen LogP contribution in [0.2, 0.25) is 5.02 Å². The molecule has 3 rings (SSSR count). The molecule has 1 aliphatic heterocycles. The second-order valence-corrected chi connectivity index (χ2v) is 4.99. The van der Waals surface area contributed by atoms with Gasteiger partial charge in [-0.3, -0.25) is 0 Å². The van der Waals surface area contributed by atoms with Gasteiger partial charge in [0, 0.05) is 22.7 Å². The first kappa shape index (κ1) is 8.60. The summed E-state index contributed by atoms with van der Waals surface area (Å²) in [4.78, 5) is 0. The fourth-order valence-corrected chi connectivity index (χ4v) is 2.92. The lowest BCUT2D eigenvalue weighted by molar-refractivity contribution is 0.272. The van der Waals surface area contributed by atoms with Crippen molar-refractivity contribution in [2.75, 3.05) is 11.9 Å². The van der Waals surface area contributed by atoms with Crippen LogP contribution in [0.5, 0.6) is 0 Å². The molecular formula is C12H14ClN. The molecule has 0 radical (unpaired) electrons. The zero-order valence-corrected chi connectivity index (χ0v) is 9.12. The van der Waals surface area contributed by atoms with E-state index in [2.05, 4.69) is 18.3 Å². The van der Waals surface area contributed by atoms with E-state index in [0.29, 0.717) is 5.41 Å². The van der Waals surface area contributed by atoms with Crippen LogP contribution in [-0.2, 0) is 5.41 Å². The summed E-state index contributed by atoms with van der Waals surface area (Å²) in [5, 5.41) is 4.40. The minimum Gasteiger partial charge on any atom is -0.384 e. The number of benzene rings is 1. The standard InChI is InChI=1S/C12H14ClN/c1-8-10(13)4-3-9-11(8)14-7-12(9)5-2-6-12/h3-4,14H,2,5-7H2,1H3. The third-order valence-corrected chi connectivity index (χ3v) is 4.29. The summed E-state index contributed by atoms with van der Waals surface area (Å²) in [6, 6.07) is 4.26. The van der Waals surface area contributed by atoms with Gasteiger partial charge in [0.05, 0.1) is 0 Å². The van der Waals surface area contributed by atoms with E-state index in [1.54, 1.807) is 0 Å². The van der Waals surface area contributed by atoms with Crippen LogP contribution in [-0.4, -0.2) is 6.54 Å². The molecule has 1 spiro atoms. The van der Waals surface area contributed by atoms with E-state index in [0.717, 1.165) is 11.6 Å². The number of nitrogens with one attached hydrogen (secondary N) is 1. The van der Waals surface area contributed by atoms with E-state index in [1.807, 2.05) is 6.07 Å². The molecule has 1 aromatic carbocycles. The van der Waals surface area contributed by atoms with Gasteiger partial charge < -0.3 is 5.32 Å². The molecule has 74 valence electrons. The molecule has 2 heteroatoms. The van der Waals surface area contributed by atoms with Crippen molar-refractivity contribution in [2.45, 2.75) is 31.6 Å². The maximum absolute atomic E-state index is 6.11. The average Bonchev–Trinajstić information content (AvgIpc) is 2.50. The van der Waals surface area contributed by atoms with Crippen molar-refractivity contribution >= 4 is 17.3 Å². The Bertz CT molecular complexity index is 394. The van der Waals surface area contributed by atoms with E-state index in [4.69, 9.17) is 11.6 Å². The van der Waals surface area contributed by atoms with Crippen LogP contribution in [0.25, 0.3) is 0 Å². The van der Waals surface area contributed by atoms with Gasteiger partial charge in [0.1, 0.15) is 0 Å². The summed E-state index contributed by atoms with van der Waals surface area (Å²) < 4.78 is 0. The van der Waals surface area contributed by atoms with Crippen LogP contribution in [0, 0.1) is 6.92 Å². The Labute approximate surface area is 89.5 Å². The largest absolute Gasteiger partial charge is 0.384 e. The molecule has 0 bridgehead atoms. The molecule has 0 amide bonds. The number of rotatable bonds is 0. The molecule has 14 heavy (non-hydrogen) atoms. The summed E-state index contributed by atoms with van der Waals surface area (Å²) in [6.45, 7) is 3.22. The predicted molar refractivity (Wildman–Crippen MR) is 60.2 cm³/mol. The lowest BCUT2D eigenvalue weighted by Crippen LogP contribution is -2.35. The Morgan fingerprint density at radius 1 is 1.36 bits per heavy atom. The molecule has 1 aliphatic carbocycles. The molecule has 1 heterocycles. The summed E-state index contributed by atoms with van der Waals surface area (Å²) in [5.41, 5.74) is 4.49. The number of anilines is 1. The molecule has 1 N–H and O–H groups in total. The molecule has 0 saturated heterocycles. The van der Waals surface area contributed by atoms with Gasteiger partial charge in [-0.15, -0.1) is 0 Å². The van der Waals surface area contributed by atoms with Crippen LogP contribution in [0.3, 0.4) is 0 Å². The van der Waals surface area contributed by atoms with Gasteiger partial charge >= 0.3 is 0 Å². The van der Waals surface area contributed by atoms with E-state index in [1.165, 1.54) is 36.1 Å². The van der Waals surface area contributed by atoms with Crippen LogP contribution in [0.15, 0.2) is 12.1 Å². The smallest absolute Gasteiger partial charge is 0.0455 e. The summed E-state index contributed by atoms with van der Waals surface area (Å²) >= 11 is 6.11. The van der Waals surface area contributed by atoms with Crippen molar-refractivity contribution in [3.05, 3.63) is 28.3 Å².